The number of hydrogen-bond acceptors (Lipinski definition) is 4. The maximum Gasteiger partial charge on any atom is 0.243 e. The molecule has 130 valence electrons. The molecule has 0 spiro atoms. The monoisotopic (exact) mass is 367 g/mol. The predicted molar refractivity (Wildman–Crippen MR) is 94.1 cm³/mol. The summed E-state index contributed by atoms with van der Waals surface area (Å²) >= 11 is 0. The Bertz CT molecular complexity index is 936. The topological polar surface area (TPSA) is 71.5 Å². The molecule has 0 amide bonds. The molecule has 2 aromatic carbocycles. The molecule has 0 aliphatic rings. The zero-order chi connectivity index (χ0) is 18.1. The summed E-state index contributed by atoms with van der Waals surface area (Å²) in [6, 6.07) is 13.1. The van der Waals surface area contributed by atoms with E-state index in [2.05, 4.69) is 0 Å². The molecule has 0 aromatic heterocycles. The van der Waals surface area contributed by atoms with Crippen LogP contribution in [0.4, 0.5) is 0 Å². The quantitative estimate of drug-likeness (QED) is 0.815. The number of hydrogen-bond donors (Lipinski definition) is 0. The number of sulfone groups is 1. The molecule has 1 atom stereocenters. The van der Waals surface area contributed by atoms with Gasteiger partial charge < -0.3 is 0 Å². The number of aryl methyl sites for hydroxylation is 1. The predicted octanol–water partition coefficient (Wildman–Crippen LogP) is 2.78. The van der Waals surface area contributed by atoms with Crippen molar-refractivity contribution in [3.05, 3.63) is 59.7 Å². The first kappa shape index (κ1) is 18.6. The SMILES string of the molecule is Cc1ccc(S(C)(=O)=O)cc1S(=O)(=O)N(C)C(C)c1ccccc1. The van der Waals surface area contributed by atoms with E-state index < -0.39 is 19.9 Å². The fourth-order valence-electron chi connectivity index (χ4n) is 2.39. The lowest BCUT2D eigenvalue weighted by atomic mass is 10.1. The summed E-state index contributed by atoms with van der Waals surface area (Å²) in [5.74, 6) is 0. The average molecular weight is 367 g/mol. The Morgan fingerprint density at radius 3 is 2.08 bits per heavy atom. The van der Waals surface area contributed by atoms with Crippen LogP contribution in [0.2, 0.25) is 0 Å². The van der Waals surface area contributed by atoms with Crippen LogP contribution in [0.1, 0.15) is 24.1 Å². The van der Waals surface area contributed by atoms with E-state index in [1.54, 1.807) is 13.8 Å². The van der Waals surface area contributed by atoms with Crippen LogP contribution in [0.3, 0.4) is 0 Å². The maximum absolute atomic E-state index is 13.0. The van der Waals surface area contributed by atoms with Gasteiger partial charge in [0.1, 0.15) is 0 Å². The van der Waals surface area contributed by atoms with Crippen LogP contribution in [0.15, 0.2) is 58.3 Å². The third-order valence-corrected chi connectivity index (χ3v) is 7.25. The van der Waals surface area contributed by atoms with Crippen LogP contribution in [0, 0.1) is 6.92 Å². The fraction of sp³-hybridized carbons (Fsp3) is 0.294. The summed E-state index contributed by atoms with van der Waals surface area (Å²) in [4.78, 5) is 0.00291. The molecule has 0 aliphatic heterocycles. The van der Waals surface area contributed by atoms with Gasteiger partial charge in [-0.1, -0.05) is 36.4 Å². The van der Waals surface area contributed by atoms with Crippen molar-refractivity contribution in [1.82, 2.24) is 4.31 Å². The highest BCUT2D eigenvalue weighted by molar-refractivity contribution is 7.91. The van der Waals surface area contributed by atoms with Gasteiger partial charge in [-0.25, -0.2) is 16.8 Å². The van der Waals surface area contributed by atoms with E-state index in [0.717, 1.165) is 11.8 Å². The minimum atomic E-state index is -3.83. The molecule has 0 fully saturated rings. The van der Waals surface area contributed by atoms with Gasteiger partial charge in [-0.2, -0.15) is 4.31 Å². The first-order chi connectivity index (χ1) is 11.0. The summed E-state index contributed by atoms with van der Waals surface area (Å²) in [6.07, 6.45) is 1.06. The molecule has 24 heavy (non-hydrogen) atoms. The van der Waals surface area contributed by atoms with Crippen molar-refractivity contribution >= 4 is 19.9 Å². The second kappa shape index (κ2) is 6.66. The summed E-state index contributed by atoms with van der Waals surface area (Å²) in [5.41, 5.74) is 1.37. The smallest absolute Gasteiger partial charge is 0.224 e. The van der Waals surface area contributed by atoms with Crippen molar-refractivity contribution in [1.29, 1.82) is 0 Å². The summed E-state index contributed by atoms with van der Waals surface area (Å²) in [7, 11) is -5.81. The highest BCUT2D eigenvalue weighted by Gasteiger charge is 2.28. The molecular formula is C17H21NO4S2. The van der Waals surface area contributed by atoms with E-state index in [1.165, 1.54) is 29.6 Å². The Morgan fingerprint density at radius 1 is 0.958 bits per heavy atom. The van der Waals surface area contributed by atoms with Crippen molar-refractivity contribution in [3.63, 3.8) is 0 Å². The lowest BCUT2D eigenvalue weighted by Crippen LogP contribution is -2.30. The highest BCUT2D eigenvalue weighted by Crippen LogP contribution is 2.28. The van der Waals surface area contributed by atoms with Crippen molar-refractivity contribution in [2.24, 2.45) is 0 Å². The van der Waals surface area contributed by atoms with Gasteiger partial charge in [-0.15, -0.1) is 0 Å². The van der Waals surface area contributed by atoms with Crippen LogP contribution in [0.5, 0.6) is 0 Å². The van der Waals surface area contributed by atoms with Gasteiger partial charge in [-0.3, -0.25) is 0 Å². The first-order valence-electron chi connectivity index (χ1n) is 7.39. The van der Waals surface area contributed by atoms with E-state index >= 15 is 0 Å². The largest absolute Gasteiger partial charge is 0.243 e. The van der Waals surface area contributed by atoms with Gasteiger partial charge >= 0.3 is 0 Å². The van der Waals surface area contributed by atoms with Gasteiger partial charge in [0.2, 0.25) is 10.0 Å². The lowest BCUT2D eigenvalue weighted by molar-refractivity contribution is 0.398. The maximum atomic E-state index is 13.0. The van der Waals surface area contributed by atoms with Gasteiger partial charge in [0.25, 0.3) is 0 Å². The zero-order valence-electron chi connectivity index (χ0n) is 14.1. The molecule has 7 heteroatoms. The molecule has 0 heterocycles. The summed E-state index contributed by atoms with van der Waals surface area (Å²) in [5, 5.41) is 0. The molecule has 0 saturated heterocycles. The van der Waals surface area contributed by atoms with Crippen molar-refractivity contribution < 1.29 is 16.8 Å². The van der Waals surface area contributed by atoms with Gasteiger partial charge in [0.05, 0.1) is 9.79 Å². The Hall–Kier alpha value is -1.70. The molecule has 0 saturated carbocycles. The molecule has 0 bridgehead atoms. The van der Waals surface area contributed by atoms with E-state index in [9.17, 15) is 16.8 Å². The number of sulfonamides is 1. The third kappa shape index (κ3) is 3.68. The van der Waals surface area contributed by atoms with E-state index in [-0.39, 0.29) is 15.8 Å². The lowest BCUT2D eigenvalue weighted by Gasteiger charge is -2.25. The van der Waals surface area contributed by atoms with Crippen LogP contribution in [-0.4, -0.2) is 34.4 Å². The Kier molecular flexibility index (Phi) is 5.17. The highest BCUT2D eigenvalue weighted by atomic mass is 32.2. The second-order valence-corrected chi connectivity index (χ2v) is 9.79. The molecule has 5 nitrogen and oxygen atoms in total. The normalized spacial score (nSPS) is 13.9. The zero-order valence-corrected chi connectivity index (χ0v) is 15.7. The van der Waals surface area contributed by atoms with Crippen LogP contribution in [0.25, 0.3) is 0 Å². The standard InChI is InChI=1S/C17H21NO4S2/c1-13-10-11-16(23(4,19)20)12-17(13)24(21,22)18(3)14(2)15-8-6-5-7-9-15/h5-12,14H,1-4H3. The van der Waals surface area contributed by atoms with Gasteiger partial charge in [0, 0.05) is 19.3 Å². The van der Waals surface area contributed by atoms with Crippen LogP contribution >= 0.6 is 0 Å². The number of rotatable bonds is 5. The minimum absolute atomic E-state index is 0.00700. The van der Waals surface area contributed by atoms with E-state index in [1.807, 2.05) is 30.3 Å². The molecular weight excluding hydrogens is 346 g/mol. The minimum Gasteiger partial charge on any atom is -0.224 e. The van der Waals surface area contributed by atoms with Crippen molar-refractivity contribution in [3.8, 4) is 0 Å². The van der Waals surface area contributed by atoms with Crippen LogP contribution in [-0.2, 0) is 19.9 Å². The molecule has 1 unspecified atom stereocenters. The Morgan fingerprint density at radius 2 is 1.54 bits per heavy atom. The Labute approximate surface area is 143 Å². The van der Waals surface area contributed by atoms with Crippen molar-refractivity contribution in [2.45, 2.75) is 29.7 Å². The molecule has 0 N–H and O–H groups in total. The van der Waals surface area contributed by atoms with Gasteiger partial charge in [0.15, 0.2) is 9.84 Å². The third-order valence-electron chi connectivity index (χ3n) is 4.07. The number of nitrogens with zero attached hydrogens (tertiary/aromatic N) is 1. The average Bonchev–Trinajstić information content (AvgIpc) is 2.53. The van der Waals surface area contributed by atoms with Crippen LogP contribution < -0.4 is 0 Å². The first-order valence-corrected chi connectivity index (χ1v) is 10.7. The fourth-order valence-corrected chi connectivity index (χ4v) is 4.71. The van der Waals surface area contributed by atoms with E-state index in [0.29, 0.717) is 5.56 Å². The summed E-state index contributed by atoms with van der Waals surface area (Å²) in [6.45, 7) is 3.45. The summed E-state index contributed by atoms with van der Waals surface area (Å²) < 4.78 is 50.7. The van der Waals surface area contributed by atoms with Crippen molar-refractivity contribution in [2.75, 3.05) is 13.3 Å². The molecule has 0 radical (unpaired) electrons. The Balaban J connectivity index is 2.51. The van der Waals surface area contributed by atoms with Gasteiger partial charge in [-0.05, 0) is 37.1 Å². The molecule has 2 aromatic rings. The second-order valence-electron chi connectivity index (χ2n) is 5.81. The number of benzene rings is 2. The molecule has 0 aliphatic carbocycles. The molecule has 2 rings (SSSR count). The van der Waals surface area contributed by atoms with E-state index in [4.69, 9.17) is 0 Å².